The van der Waals surface area contributed by atoms with Crippen LogP contribution in [0.3, 0.4) is 0 Å². The Morgan fingerprint density at radius 3 is 2.64 bits per heavy atom. The van der Waals surface area contributed by atoms with Gasteiger partial charge in [0.2, 0.25) is 0 Å². The third-order valence-corrected chi connectivity index (χ3v) is 4.80. The van der Waals surface area contributed by atoms with Gasteiger partial charge < -0.3 is 19.6 Å². The molecule has 0 saturated carbocycles. The second kappa shape index (κ2) is 7.39. The molecule has 3 heterocycles. The van der Waals surface area contributed by atoms with Crippen LogP contribution in [-0.2, 0) is 9.53 Å². The first-order chi connectivity index (χ1) is 12.0. The number of morpholine rings is 1. The number of carboxylic acid groups (broad SMARTS) is 1. The Morgan fingerprint density at radius 1 is 1.24 bits per heavy atom. The highest BCUT2D eigenvalue weighted by Gasteiger charge is 2.33. The van der Waals surface area contributed by atoms with E-state index in [0.29, 0.717) is 18.7 Å². The van der Waals surface area contributed by atoms with Crippen LogP contribution in [0.4, 0.5) is 5.69 Å². The molecule has 0 aliphatic carbocycles. The van der Waals surface area contributed by atoms with E-state index in [0.717, 1.165) is 31.6 Å². The fourth-order valence-corrected chi connectivity index (χ4v) is 3.70. The summed E-state index contributed by atoms with van der Waals surface area (Å²) in [6.07, 6.45) is 4.02. The molecule has 7 nitrogen and oxygen atoms in total. The Bertz CT molecular complexity index is 641. The van der Waals surface area contributed by atoms with Crippen LogP contribution >= 0.6 is 0 Å². The Hall–Kier alpha value is -2.15. The molecule has 0 bridgehead atoms. The number of nitrogens with zero attached hydrogens (tertiary/aromatic N) is 3. The average Bonchev–Trinajstić information content (AvgIpc) is 2.60. The molecule has 2 saturated heterocycles. The molecule has 2 aliphatic rings. The summed E-state index contributed by atoms with van der Waals surface area (Å²) in [5, 5.41) is 9.38. The number of aliphatic carboxylic acids is 1. The maximum absolute atomic E-state index is 12.8. The van der Waals surface area contributed by atoms with Crippen molar-refractivity contribution in [2.45, 2.75) is 51.4 Å². The lowest BCUT2D eigenvalue weighted by Gasteiger charge is -2.37. The van der Waals surface area contributed by atoms with Gasteiger partial charge in [0.05, 0.1) is 12.2 Å². The number of anilines is 1. The molecule has 3 unspecified atom stereocenters. The quantitative estimate of drug-likeness (QED) is 0.897. The smallest absolute Gasteiger partial charge is 0.326 e. The van der Waals surface area contributed by atoms with Crippen LogP contribution in [0.25, 0.3) is 0 Å². The normalized spacial score (nSPS) is 27.2. The van der Waals surface area contributed by atoms with E-state index in [1.54, 1.807) is 12.3 Å². The molecule has 1 aromatic heterocycles. The fraction of sp³-hybridized carbons (Fsp3) is 0.611. The summed E-state index contributed by atoms with van der Waals surface area (Å²) in [5.41, 5.74) is 1.22. The second-order valence-electron chi connectivity index (χ2n) is 6.91. The molecule has 2 fully saturated rings. The van der Waals surface area contributed by atoms with Crippen LogP contribution < -0.4 is 4.90 Å². The maximum Gasteiger partial charge on any atom is 0.326 e. The third kappa shape index (κ3) is 3.92. The molecule has 136 valence electrons. The van der Waals surface area contributed by atoms with Crippen LogP contribution in [0.2, 0.25) is 0 Å². The first kappa shape index (κ1) is 17.7. The molecule has 0 radical (unpaired) electrons. The molecule has 25 heavy (non-hydrogen) atoms. The van der Waals surface area contributed by atoms with Crippen LogP contribution in [0.1, 0.15) is 43.6 Å². The van der Waals surface area contributed by atoms with Crippen LogP contribution in [0, 0.1) is 0 Å². The summed E-state index contributed by atoms with van der Waals surface area (Å²) in [6, 6.07) is 2.89. The molecular weight excluding hydrogens is 322 g/mol. The Kier molecular flexibility index (Phi) is 5.22. The van der Waals surface area contributed by atoms with Crippen molar-refractivity contribution in [3.05, 3.63) is 24.0 Å². The number of aromatic nitrogens is 1. The van der Waals surface area contributed by atoms with Crippen molar-refractivity contribution in [3.63, 3.8) is 0 Å². The first-order valence-electron chi connectivity index (χ1n) is 8.86. The molecule has 0 aromatic carbocycles. The summed E-state index contributed by atoms with van der Waals surface area (Å²) >= 11 is 0. The second-order valence-corrected chi connectivity index (χ2v) is 6.91. The van der Waals surface area contributed by atoms with Crippen LogP contribution in [0.15, 0.2) is 18.3 Å². The zero-order valence-corrected chi connectivity index (χ0v) is 14.7. The minimum absolute atomic E-state index is 0.120. The van der Waals surface area contributed by atoms with Crippen LogP contribution in [0.5, 0.6) is 0 Å². The maximum atomic E-state index is 12.8. The number of carboxylic acids is 1. The van der Waals surface area contributed by atoms with E-state index < -0.39 is 12.0 Å². The Labute approximate surface area is 147 Å². The fourth-order valence-electron chi connectivity index (χ4n) is 3.70. The largest absolute Gasteiger partial charge is 0.480 e. The topological polar surface area (TPSA) is 83.0 Å². The number of carbonyl (C=O) groups is 2. The lowest BCUT2D eigenvalue weighted by atomic mass is 10.0. The van der Waals surface area contributed by atoms with Gasteiger partial charge in [-0.2, -0.15) is 0 Å². The lowest BCUT2D eigenvalue weighted by Crippen LogP contribution is -2.48. The Morgan fingerprint density at radius 2 is 1.96 bits per heavy atom. The first-order valence-corrected chi connectivity index (χ1v) is 8.86. The van der Waals surface area contributed by atoms with Crippen LogP contribution in [-0.4, -0.2) is 64.8 Å². The van der Waals surface area contributed by atoms with E-state index in [2.05, 4.69) is 9.88 Å². The van der Waals surface area contributed by atoms with Gasteiger partial charge in [0.15, 0.2) is 0 Å². The third-order valence-electron chi connectivity index (χ3n) is 4.80. The van der Waals surface area contributed by atoms with Gasteiger partial charge in [-0.1, -0.05) is 0 Å². The van der Waals surface area contributed by atoms with Gasteiger partial charge in [-0.15, -0.1) is 0 Å². The number of amides is 1. The minimum atomic E-state index is -0.944. The number of piperidine rings is 1. The van der Waals surface area contributed by atoms with E-state index in [4.69, 9.17) is 4.74 Å². The van der Waals surface area contributed by atoms with Crippen molar-refractivity contribution in [2.24, 2.45) is 0 Å². The highest BCUT2D eigenvalue weighted by Crippen LogP contribution is 2.23. The number of hydrogen-bond donors (Lipinski definition) is 1. The summed E-state index contributed by atoms with van der Waals surface area (Å²) in [6.45, 7) is 6.03. The Balaban J connectivity index is 1.80. The van der Waals surface area contributed by atoms with Crippen molar-refractivity contribution < 1.29 is 19.4 Å². The number of likely N-dealkylation sites (tertiary alicyclic amines) is 1. The molecule has 1 aromatic rings. The van der Waals surface area contributed by atoms with Gasteiger partial charge in [-0.05, 0) is 45.2 Å². The van der Waals surface area contributed by atoms with Gasteiger partial charge in [-0.25, -0.2) is 4.79 Å². The average molecular weight is 347 g/mol. The van der Waals surface area contributed by atoms with Crippen molar-refractivity contribution in [1.82, 2.24) is 9.88 Å². The van der Waals surface area contributed by atoms with Crippen molar-refractivity contribution in [2.75, 3.05) is 24.5 Å². The number of ether oxygens (including phenoxy) is 1. The molecule has 1 amide bonds. The standard InChI is InChI=1S/C18H25N3O4/c1-12-10-20(11-13(2)25-12)14-6-7-19-15(9-14)17(22)21-8-4-3-5-16(21)18(23)24/h6-7,9,12-13,16H,3-5,8,10-11H2,1-2H3,(H,23,24). The molecule has 2 aliphatic heterocycles. The van der Waals surface area contributed by atoms with Gasteiger partial charge in [0, 0.05) is 31.5 Å². The molecule has 3 atom stereocenters. The zero-order valence-electron chi connectivity index (χ0n) is 14.7. The summed E-state index contributed by atoms with van der Waals surface area (Å²) in [5.74, 6) is -1.25. The summed E-state index contributed by atoms with van der Waals surface area (Å²) in [4.78, 5) is 32.1. The van der Waals surface area contributed by atoms with E-state index in [1.807, 2.05) is 19.9 Å². The SMILES string of the molecule is CC1CN(c2ccnc(C(=O)N3CCCCC3C(=O)O)c2)CC(C)O1. The lowest BCUT2D eigenvalue weighted by molar-refractivity contribution is -0.143. The highest BCUT2D eigenvalue weighted by molar-refractivity contribution is 5.95. The number of carbonyl (C=O) groups excluding carboxylic acids is 1. The monoisotopic (exact) mass is 347 g/mol. The number of rotatable bonds is 3. The van der Waals surface area contributed by atoms with Crippen molar-refractivity contribution >= 4 is 17.6 Å². The molecular formula is C18H25N3O4. The predicted octanol–water partition coefficient (Wildman–Crippen LogP) is 1.77. The number of pyridine rings is 1. The van der Waals surface area contributed by atoms with Gasteiger partial charge in [0.25, 0.3) is 5.91 Å². The van der Waals surface area contributed by atoms with Gasteiger partial charge in [-0.3, -0.25) is 9.78 Å². The van der Waals surface area contributed by atoms with E-state index in [-0.39, 0.29) is 18.1 Å². The number of hydrogen-bond acceptors (Lipinski definition) is 5. The summed E-state index contributed by atoms with van der Waals surface area (Å²) < 4.78 is 5.75. The van der Waals surface area contributed by atoms with E-state index >= 15 is 0 Å². The van der Waals surface area contributed by atoms with Crippen molar-refractivity contribution in [3.8, 4) is 0 Å². The van der Waals surface area contributed by atoms with E-state index in [1.165, 1.54) is 4.90 Å². The van der Waals surface area contributed by atoms with E-state index in [9.17, 15) is 14.7 Å². The predicted molar refractivity (Wildman–Crippen MR) is 92.8 cm³/mol. The molecule has 7 heteroatoms. The summed E-state index contributed by atoms with van der Waals surface area (Å²) in [7, 11) is 0. The zero-order chi connectivity index (χ0) is 18.0. The van der Waals surface area contributed by atoms with Gasteiger partial charge >= 0.3 is 5.97 Å². The van der Waals surface area contributed by atoms with Crippen molar-refractivity contribution in [1.29, 1.82) is 0 Å². The highest BCUT2D eigenvalue weighted by atomic mass is 16.5. The minimum Gasteiger partial charge on any atom is -0.480 e. The molecule has 1 N–H and O–H groups in total. The molecule has 0 spiro atoms. The van der Waals surface area contributed by atoms with Gasteiger partial charge in [0.1, 0.15) is 11.7 Å². The molecule has 3 rings (SSSR count).